The van der Waals surface area contributed by atoms with Crippen LogP contribution >= 0.6 is 0 Å². The molecule has 1 atom stereocenters. The molecule has 1 aromatic heterocycles. The van der Waals surface area contributed by atoms with E-state index in [0.717, 1.165) is 5.56 Å². The standard InChI is InChI=1S/C27H22F2N4O3/c1-16-23(26-31-25(32-36-26)18-7-5-8-20(28)14-18)24(17-10-12-21(35-2)13-11-17)30-27(34)33(16)15-19-6-3-4-9-22(19)29/h3-14,24H,15H2,1-2H3,(H,30,34). The molecule has 4 aromatic rings. The molecule has 0 spiro atoms. The number of aromatic nitrogens is 2. The van der Waals surface area contributed by atoms with Gasteiger partial charge < -0.3 is 14.6 Å². The summed E-state index contributed by atoms with van der Waals surface area (Å²) in [6.07, 6.45) is 0. The molecule has 2 heterocycles. The summed E-state index contributed by atoms with van der Waals surface area (Å²) in [5.41, 5.74) is 2.64. The van der Waals surface area contributed by atoms with Gasteiger partial charge in [0, 0.05) is 16.8 Å². The second kappa shape index (κ2) is 9.61. The fourth-order valence-corrected chi connectivity index (χ4v) is 4.17. The zero-order chi connectivity index (χ0) is 25.2. The van der Waals surface area contributed by atoms with Gasteiger partial charge in [0.2, 0.25) is 5.82 Å². The Kier molecular flexibility index (Phi) is 6.20. The van der Waals surface area contributed by atoms with E-state index in [2.05, 4.69) is 15.5 Å². The Morgan fingerprint density at radius 3 is 2.56 bits per heavy atom. The zero-order valence-corrected chi connectivity index (χ0v) is 19.5. The van der Waals surface area contributed by atoms with Crippen molar-refractivity contribution in [1.82, 2.24) is 20.4 Å². The number of carbonyl (C=O) groups is 1. The molecule has 1 aliphatic rings. The fourth-order valence-electron chi connectivity index (χ4n) is 4.17. The van der Waals surface area contributed by atoms with Crippen LogP contribution in [-0.2, 0) is 6.54 Å². The summed E-state index contributed by atoms with van der Waals surface area (Å²) in [6, 6.07) is 18.3. The average Bonchev–Trinajstić information content (AvgIpc) is 3.37. The lowest BCUT2D eigenvalue weighted by molar-refractivity contribution is 0.202. The molecule has 1 N–H and O–H groups in total. The Bertz CT molecular complexity index is 1450. The number of hydrogen-bond donors (Lipinski definition) is 1. The molecule has 0 radical (unpaired) electrons. The monoisotopic (exact) mass is 488 g/mol. The second-order valence-electron chi connectivity index (χ2n) is 8.27. The van der Waals surface area contributed by atoms with Gasteiger partial charge in [0.05, 0.1) is 25.3 Å². The first-order valence-electron chi connectivity index (χ1n) is 11.2. The van der Waals surface area contributed by atoms with E-state index in [1.165, 1.54) is 23.1 Å². The number of carbonyl (C=O) groups excluding carboxylic acids is 1. The molecule has 0 aliphatic carbocycles. The van der Waals surface area contributed by atoms with Gasteiger partial charge in [0.1, 0.15) is 17.4 Å². The number of benzene rings is 3. The van der Waals surface area contributed by atoms with Crippen molar-refractivity contribution in [3.05, 3.63) is 107 Å². The molecule has 0 fully saturated rings. The molecule has 5 rings (SSSR count). The topological polar surface area (TPSA) is 80.5 Å². The molecule has 0 saturated heterocycles. The minimum Gasteiger partial charge on any atom is -0.497 e. The second-order valence-corrected chi connectivity index (χ2v) is 8.27. The van der Waals surface area contributed by atoms with Gasteiger partial charge in [-0.25, -0.2) is 13.6 Å². The largest absolute Gasteiger partial charge is 0.497 e. The number of methoxy groups -OCH3 is 1. The van der Waals surface area contributed by atoms with Gasteiger partial charge in [-0.2, -0.15) is 4.98 Å². The third-order valence-electron chi connectivity index (χ3n) is 6.07. The van der Waals surface area contributed by atoms with Crippen LogP contribution in [0.15, 0.2) is 83.0 Å². The predicted molar refractivity (Wildman–Crippen MR) is 128 cm³/mol. The Morgan fingerprint density at radius 1 is 1.06 bits per heavy atom. The summed E-state index contributed by atoms with van der Waals surface area (Å²) in [5.74, 6) is 0.187. The van der Waals surface area contributed by atoms with E-state index in [1.807, 2.05) is 12.1 Å². The molecule has 2 amide bonds. The molecule has 0 bridgehead atoms. The number of halogens is 2. The third-order valence-corrected chi connectivity index (χ3v) is 6.07. The minimum atomic E-state index is -0.624. The highest BCUT2D eigenvalue weighted by atomic mass is 19.1. The molecule has 36 heavy (non-hydrogen) atoms. The smallest absolute Gasteiger partial charge is 0.322 e. The fraction of sp³-hybridized carbons (Fsp3) is 0.148. The summed E-state index contributed by atoms with van der Waals surface area (Å²) in [4.78, 5) is 19.1. The van der Waals surface area contributed by atoms with Crippen molar-refractivity contribution < 1.29 is 22.8 Å². The van der Waals surface area contributed by atoms with Crippen LogP contribution in [0.2, 0.25) is 0 Å². The number of hydrogen-bond acceptors (Lipinski definition) is 5. The minimum absolute atomic E-state index is 0.00800. The summed E-state index contributed by atoms with van der Waals surface area (Å²) in [5, 5.41) is 7.01. The van der Waals surface area contributed by atoms with E-state index in [0.29, 0.717) is 28.1 Å². The lowest BCUT2D eigenvalue weighted by Crippen LogP contribution is -2.45. The highest BCUT2D eigenvalue weighted by Crippen LogP contribution is 2.38. The molecule has 0 saturated carbocycles. The van der Waals surface area contributed by atoms with Crippen LogP contribution in [-0.4, -0.2) is 28.2 Å². The van der Waals surface area contributed by atoms with E-state index in [9.17, 15) is 13.6 Å². The maximum absolute atomic E-state index is 14.4. The van der Waals surface area contributed by atoms with Gasteiger partial charge in [0.25, 0.3) is 5.89 Å². The van der Waals surface area contributed by atoms with Gasteiger partial charge in [0.15, 0.2) is 0 Å². The van der Waals surface area contributed by atoms with Crippen molar-refractivity contribution in [2.75, 3.05) is 7.11 Å². The van der Waals surface area contributed by atoms with E-state index in [4.69, 9.17) is 9.26 Å². The van der Waals surface area contributed by atoms with Gasteiger partial charge in [-0.05, 0) is 42.8 Å². The van der Waals surface area contributed by atoms with Crippen molar-refractivity contribution in [1.29, 1.82) is 0 Å². The number of allylic oxidation sites excluding steroid dienone is 1. The number of amides is 2. The Labute approximate surface area is 206 Å². The quantitative estimate of drug-likeness (QED) is 0.375. The van der Waals surface area contributed by atoms with Crippen molar-refractivity contribution in [3.8, 4) is 17.1 Å². The van der Waals surface area contributed by atoms with Crippen molar-refractivity contribution in [3.63, 3.8) is 0 Å². The van der Waals surface area contributed by atoms with E-state index >= 15 is 0 Å². The number of urea groups is 1. The molecule has 3 aromatic carbocycles. The van der Waals surface area contributed by atoms with E-state index < -0.39 is 23.7 Å². The first-order chi connectivity index (χ1) is 17.4. The van der Waals surface area contributed by atoms with Crippen LogP contribution in [0.3, 0.4) is 0 Å². The Balaban J connectivity index is 1.60. The van der Waals surface area contributed by atoms with Crippen molar-refractivity contribution in [2.45, 2.75) is 19.5 Å². The maximum atomic E-state index is 14.4. The number of ether oxygens (including phenoxy) is 1. The predicted octanol–water partition coefficient (Wildman–Crippen LogP) is 5.72. The van der Waals surface area contributed by atoms with Gasteiger partial charge in [-0.1, -0.05) is 47.6 Å². The third kappa shape index (κ3) is 4.43. The van der Waals surface area contributed by atoms with Crippen LogP contribution in [0.5, 0.6) is 5.75 Å². The van der Waals surface area contributed by atoms with E-state index in [1.54, 1.807) is 56.5 Å². The highest BCUT2D eigenvalue weighted by Gasteiger charge is 2.36. The van der Waals surface area contributed by atoms with Crippen LogP contribution in [0, 0.1) is 11.6 Å². The molecule has 182 valence electrons. The lowest BCUT2D eigenvalue weighted by atomic mass is 9.94. The van der Waals surface area contributed by atoms with Crippen molar-refractivity contribution in [2.24, 2.45) is 0 Å². The lowest BCUT2D eigenvalue weighted by Gasteiger charge is -2.35. The average molecular weight is 488 g/mol. The number of nitrogens with zero attached hydrogens (tertiary/aromatic N) is 3. The summed E-state index contributed by atoms with van der Waals surface area (Å²) in [7, 11) is 1.57. The normalized spacial score (nSPS) is 15.7. The number of nitrogens with one attached hydrogen (secondary N) is 1. The summed E-state index contributed by atoms with van der Waals surface area (Å²) >= 11 is 0. The maximum Gasteiger partial charge on any atom is 0.322 e. The Morgan fingerprint density at radius 2 is 1.83 bits per heavy atom. The summed E-state index contributed by atoms with van der Waals surface area (Å²) in [6.45, 7) is 1.76. The molecule has 9 heteroatoms. The number of rotatable bonds is 6. The van der Waals surface area contributed by atoms with E-state index in [-0.39, 0.29) is 18.3 Å². The molecule has 1 aliphatic heterocycles. The Hall–Kier alpha value is -4.53. The molecular weight excluding hydrogens is 466 g/mol. The van der Waals surface area contributed by atoms with Gasteiger partial charge in [-0.3, -0.25) is 4.90 Å². The summed E-state index contributed by atoms with van der Waals surface area (Å²) < 4.78 is 39.0. The van der Waals surface area contributed by atoms with Gasteiger partial charge >= 0.3 is 6.03 Å². The molecular formula is C27H22F2N4O3. The zero-order valence-electron chi connectivity index (χ0n) is 19.5. The first kappa shape index (κ1) is 23.2. The molecule has 1 unspecified atom stereocenters. The van der Waals surface area contributed by atoms with Crippen LogP contribution < -0.4 is 10.1 Å². The molecule has 7 nitrogen and oxygen atoms in total. The highest BCUT2D eigenvalue weighted by molar-refractivity contribution is 5.87. The van der Waals surface area contributed by atoms with Crippen LogP contribution in [0.25, 0.3) is 17.0 Å². The van der Waals surface area contributed by atoms with Crippen LogP contribution in [0.1, 0.15) is 30.0 Å². The first-order valence-corrected chi connectivity index (χ1v) is 11.2. The van der Waals surface area contributed by atoms with Gasteiger partial charge in [-0.15, -0.1) is 0 Å². The van der Waals surface area contributed by atoms with Crippen LogP contribution in [0.4, 0.5) is 13.6 Å². The van der Waals surface area contributed by atoms with Crippen molar-refractivity contribution >= 4 is 11.6 Å². The SMILES string of the molecule is COc1ccc(C2NC(=O)N(Cc3ccccc3F)C(C)=C2c2nc(-c3cccc(F)c3)no2)cc1.